The fraction of sp³-hybridized carbons (Fsp3) is 0. The van der Waals surface area contributed by atoms with Gasteiger partial charge in [-0.25, -0.2) is 19.9 Å². The van der Waals surface area contributed by atoms with Gasteiger partial charge in [-0.3, -0.25) is 0 Å². The van der Waals surface area contributed by atoms with E-state index in [4.69, 9.17) is 24.4 Å². The zero-order valence-electron chi connectivity index (χ0n) is 27.6. The summed E-state index contributed by atoms with van der Waals surface area (Å²) >= 11 is 1.70. The van der Waals surface area contributed by atoms with Crippen molar-refractivity contribution in [1.82, 2.24) is 19.9 Å². The van der Waals surface area contributed by atoms with Gasteiger partial charge in [-0.2, -0.15) is 0 Å². The van der Waals surface area contributed by atoms with Gasteiger partial charge < -0.3 is 4.42 Å². The summed E-state index contributed by atoms with van der Waals surface area (Å²) in [4.78, 5) is 20.7. The first-order chi connectivity index (χ1) is 25.7. The van der Waals surface area contributed by atoms with E-state index in [1.165, 1.54) is 0 Å². The second kappa shape index (κ2) is 11.4. The molecule has 0 unspecified atom stereocenters. The summed E-state index contributed by atoms with van der Waals surface area (Å²) < 4.78 is 7.61. The van der Waals surface area contributed by atoms with Crippen LogP contribution in [-0.4, -0.2) is 19.9 Å². The van der Waals surface area contributed by atoms with Crippen molar-refractivity contribution >= 4 is 75.8 Å². The van der Waals surface area contributed by atoms with Crippen LogP contribution in [0.2, 0.25) is 0 Å². The summed E-state index contributed by atoms with van der Waals surface area (Å²) in [7, 11) is 0. The van der Waals surface area contributed by atoms with E-state index >= 15 is 0 Å². The van der Waals surface area contributed by atoms with E-state index in [1.807, 2.05) is 6.07 Å². The molecule has 0 aliphatic carbocycles. The lowest BCUT2D eigenvalue weighted by molar-refractivity contribution is 0.669. The number of benzene rings is 8. The van der Waals surface area contributed by atoms with Gasteiger partial charge in [0.2, 0.25) is 0 Å². The molecule has 0 aliphatic rings. The van der Waals surface area contributed by atoms with E-state index < -0.39 is 0 Å². The second-order valence-electron chi connectivity index (χ2n) is 13.0. The first-order valence-corrected chi connectivity index (χ1v) is 18.0. The van der Waals surface area contributed by atoms with Crippen LogP contribution in [0.4, 0.5) is 0 Å². The summed E-state index contributed by atoms with van der Waals surface area (Å²) in [5, 5.41) is 9.69. The van der Waals surface area contributed by atoms with Crippen LogP contribution in [0, 0.1) is 0 Å². The summed E-state index contributed by atoms with van der Waals surface area (Å²) in [6.45, 7) is 0. The normalized spacial score (nSPS) is 11.8. The lowest BCUT2D eigenvalue weighted by atomic mass is 10.00. The Hall–Kier alpha value is -6.76. The number of aromatic nitrogens is 4. The molecule has 0 saturated carbocycles. The number of thiazole rings is 1. The highest BCUT2D eigenvalue weighted by Gasteiger charge is 2.20. The Morgan fingerprint density at radius 1 is 0.404 bits per heavy atom. The fourth-order valence-electron chi connectivity index (χ4n) is 7.49. The van der Waals surface area contributed by atoms with Crippen LogP contribution >= 0.6 is 11.3 Å². The maximum atomic E-state index is 6.49. The van der Waals surface area contributed by atoms with Gasteiger partial charge >= 0.3 is 0 Å². The summed E-state index contributed by atoms with van der Waals surface area (Å²) in [5.74, 6) is 1.88. The second-order valence-corrected chi connectivity index (χ2v) is 14.0. The first kappa shape index (κ1) is 29.0. The van der Waals surface area contributed by atoms with Crippen molar-refractivity contribution in [2.75, 3.05) is 0 Å². The maximum Gasteiger partial charge on any atom is 0.164 e. The van der Waals surface area contributed by atoms with Crippen molar-refractivity contribution in [1.29, 1.82) is 0 Å². The number of hydrogen-bond donors (Lipinski definition) is 0. The maximum absolute atomic E-state index is 6.49. The molecule has 0 saturated heterocycles. The van der Waals surface area contributed by atoms with Crippen LogP contribution in [0.5, 0.6) is 0 Å². The molecule has 0 N–H and O–H groups in total. The van der Waals surface area contributed by atoms with Crippen LogP contribution in [0.15, 0.2) is 162 Å². The van der Waals surface area contributed by atoms with Gasteiger partial charge in [-0.1, -0.05) is 133 Å². The monoisotopic (exact) mass is 682 g/mol. The molecule has 52 heavy (non-hydrogen) atoms. The Morgan fingerprint density at radius 3 is 1.71 bits per heavy atom. The first-order valence-electron chi connectivity index (χ1n) is 17.2. The molecule has 3 aromatic heterocycles. The zero-order chi connectivity index (χ0) is 34.2. The van der Waals surface area contributed by atoms with Crippen LogP contribution in [0.1, 0.15) is 0 Å². The van der Waals surface area contributed by atoms with Gasteiger partial charge in [-0.15, -0.1) is 11.3 Å². The fourth-order valence-corrected chi connectivity index (χ4v) is 8.47. The van der Waals surface area contributed by atoms with E-state index in [-0.39, 0.29) is 0 Å². The molecule has 0 amide bonds. The lowest BCUT2D eigenvalue weighted by Gasteiger charge is -2.12. The van der Waals surface area contributed by atoms with Gasteiger partial charge in [-0.05, 0) is 56.6 Å². The number of nitrogens with zero attached hydrogens (tertiary/aromatic N) is 4. The Kier molecular flexibility index (Phi) is 6.35. The molecule has 3 heterocycles. The van der Waals surface area contributed by atoms with E-state index in [9.17, 15) is 0 Å². The molecule has 8 aromatic carbocycles. The minimum absolute atomic E-state index is 0.609. The standard InChI is InChI=1S/C46H26N4OS/c1-2-12-30(13-3-1)46-47-42-39(52-46)25-24-38-41(42)40-36-26-31(21-20-29(36)22-23-37(40)51-38)43-48-44(34-18-8-14-27-10-4-6-16-32(27)34)50-45(49-43)35-19-9-15-28-11-5-7-17-33(28)35/h1-26H. The third kappa shape index (κ3) is 4.55. The third-order valence-electron chi connectivity index (χ3n) is 9.95. The van der Waals surface area contributed by atoms with Crippen LogP contribution in [-0.2, 0) is 0 Å². The highest BCUT2D eigenvalue weighted by atomic mass is 32.1. The third-order valence-corrected chi connectivity index (χ3v) is 11.0. The average Bonchev–Trinajstić information content (AvgIpc) is 3.83. The highest BCUT2D eigenvalue weighted by Crippen LogP contribution is 2.42. The topological polar surface area (TPSA) is 64.7 Å². The summed E-state index contributed by atoms with van der Waals surface area (Å²) in [5.41, 5.74) is 6.53. The van der Waals surface area contributed by atoms with Gasteiger partial charge in [0.05, 0.1) is 15.6 Å². The molecule has 0 aliphatic heterocycles. The SMILES string of the molecule is c1ccc(-c2nc3c(ccc4oc5ccc6ccc(-c7nc(-c8cccc9ccccc89)nc(-c8cccc9ccccc89)n7)cc6c5c43)s2)cc1. The van der Waals surface area contributed by atoms with Gasteiger partial charge in [0.15, 0.2) is 17.5 Å². The Labute approximate surface area is 301 Å². The minimum Gasteiger partial charge on any atom is -0.456 e. The summed E-state index contributed by atoms with van der Waals surface area (Å²) in [6.07, 6.45) is 0. The van der Waals surface area contributed by atoms with Crippen molar-refractivity contribution in [3.05, 3.63) is 158 Å². The average molecular weight is 683 g/mol. The van der Waals surface area contributed by atoms with E-state index in [0.717, 1.165) is 91.7 Å². The van der Waals surface area contributed by atoms with E-state index in [1.54, 1.807) is 11.3 Å². The molecular weight excluding hydrogens is 657 g/mol. The molecule has 0 atom stereocenters. The number of rotatable bonds is 4. The minimum atomic E-state index is 0.609. The van der Waals surface area contributed by atoms with Gasteiger partial charge in [0.25, 0.3) is 0 Å². The molecule has 0 radical (unpaired) electrons. The molecule has 11 rings (SSSR count). The van der Waals surface area contributed by atoms with Crippen molar-refractivity contribution in [2.45, 2.75) is 0 Å². The molecule has 242 valence electrons. The smallest absolute Gasteiger partial charge is 0.164 e. The van der Waals surface area contributed by atoms with Crippen molar-refractivity contribution in [3.8, 4) is 44.7 Å². The quantitative estimate of drug-likeness (QED) is 0.185. The van der Waals surface area contributed by atoms with Crippen LogP contribution < -0.4 is 0 Å². The molecule has 5 nitrogen and oxygen atoms in total. The van der Waals surface area contributed by atoms with Crippen LogP contribution in [0.25, 0.3) is 109 Å². The molecule has 0 fully saturated rings. The zero-order valence-corrected chi connectivity index (χ0v) is 28.4. The van der Waals surface area contributed by atoms with Crippen molar-refractivity contribution in [2.24, 2.45) is 0 Å². The molecular formula is C46H26N4OS. The number of hydrogen-bond acceptors (Lipinski definition) is 6. The summed E-state index contributed by atoms with van der Waals surface area (Å²) in [6, 6.07) is 54.5. The Balaban J connectivity index is 1.17. The lowest BCUT2D eigenvalue weighted by Crippen LogP contribution is -2.01. The highest BCUT2D eigenvalue weighted by molar-refractivity contribution is 7.21. The predicted molar refractivity (Wildman–Crippen MR) is 215 cm³/mol. The van der Waals surface area contributed by atoms with E-state index in [2.05, 4.69) is 152 Å². The Morgan fingerprint density at radius 2 is 0.981 bits per heavy atom. The van der Waals surface area contributed by atoms with E-state index in [0.29, 0.717) is 17.5 Å². The Bertz CT molecular complexity index is 3090. The molecule has 0 spiro atoms. The van der Waals surface area contributed by atoms with Crippen molar-refractivity contribution < 1.29 is 4.42 Å². The van der Waals surface area contributed by atoms with Crippen molar-refractivity contribution in [3.63, 3.8) is 0 Å². The predicted octanol–water partition coefficient (Wildman–Crippen LogP) is 12.5. The molecule has 0 bridgehead atoms. The molecule has 11 aromatic rings. The number of fused-ring (bicyclic) bond motifs is 9. The van der Waals surface area contributed by atoms with Gasteiger partial charge in [0, 0.05) is 27.6 Å². The number of furan rings is 1. The largest absolute Gasteiger partial charge is 0.456 e. The molecule has 6 heteroatoms. The van der Waals surface area contributed by atoms with Gasteiger partial charge in [0.1, 0.15) is 16.2 Å². The van der Waals surface area contributed by atoms with Crippen LogP contribution in [0.3, 0.4) is 0 Å².